The number of nitrogens with zero attached hydrogens (tertiary/aromatic N) is 1. The largest absolute Gasteiger partial charge is 0.506 e. The number of benzene rings is 4. The highest BCUT2D eigenvalue weighted by atomic mass is 35.5. The van der Waals surface area contributed by atoms with Crippen LogP contribution in [0.2, 0.25) is 5.02 Å². The van der Waals surface area contributed by atoms with Crippen molar-refractivity contribution < 1.29 is 29.3 Å². The zero-order chi connectivity index (χ0) is 37.3. The Hall–Kier alpha value is -5.40. The monoisotopic (exact) mass is 739 g/mol. The molecule has 0 bridgehead atoms. The van der Waals surface area contributed by atoms with Crippen molar-refractivity contribution >= 4 is 45.9 Å². The van der Waals surface area contributed by atoms with Crippen molar-refractivity contribution in [1.82, 2.24) is 15.2 Å². The van der Waals surface area contributed by atoms with Crippen molar-refractivity contribution in [3.8, 4) is 22.6 Å². The summed E-state index contributed by atoms with van der Waals surface area (Å²) in [5.74, 6) is 0.234. The summed E-state index contributed by atoms with van der Waals surface area (Å²) in [6.45, 7) is 2.40. The van der Waals surface area contributed by atoms with E-state index >= 15 is 0 Å². The summed E-state index contributed by atoms with van der Waals surface area (Å²) in [5.41, 5.74) is 4.21. The molecule has 6 rings (SSSR count). The average molecular weight is 740 g/mol. The van der Waals surface area contributed by atoms with Crippen molar-refractivity contribution in [2.45, 2.75) is 38.0 Å². The molecule has 2 heterocycles. The summed E-state index contributed by atoms with van der Waals surface area (Å²) in [6.07, 6.45) is -0.0575. The van der Waals surface area contributed by atoms with Crippen LogP contribution in [-0.4, -0.2) is 71.5 Å². The van der Waals surface area contributed by atoms with Crippen LogP contribution in [0.4, 0.5) is 16.2 Å². The molecule has 0 aliphatic carbocycles. The molecule has 1 aliphatic rings. The Morgan fingerprint density at radius 2 is 1.72 bits per heavy atom. The third kappa shape index (κ3) is 9.53. The third-order valence-corrected chi connectivity index (χ3v) is 9.59. The van der Waals surface area contributed by atoms with E-state index in [9.17, 15) is 24.6 Å². The first kappa shape index (κ1) is 37.4. The predicted molar refractivity (Wildman–Crippen MR) is 206 cm³/mol. The number of amides is 2. The lowest BCUT2D eigenvalue weighted by Gasteiger charge is -2.31. The number of carbonyl (C=O) groups is 2. The molecule has 0 radical (unpaired) electrons. The van der Waals surface area contributed by atoms with E-state index < -0.39 is 12.2 Å². The van der Waals surface area contributed by atoms with Crippen LogP contribution in [0.5, 0.6) is 11.5 Å². The highest BCUT2D eigenvalue weighted by molar-refractivity contribution is 6.33. The van der Waals surface area contributed by atoms with E-state index in [0.717, 1.165) is 16.7 Å². The van der Waals surface area contributed by atoms with Crippen LogP contribution in [0.3, 0.4) is 0 Å². The molecule has 1 aromatic heterocycles. The second-order valence-corrected chi connectivity index (χ2v) is 13.3. The summed E-state index contributed by atoms with van der Waals surface area (Å²) in [5, 5.41) is 30.9. The lowest BCUT2D eigenvalue weighted by Crippen LogP contribution is -2.39. The molecule has 12 nitrogen and oxygen atoms in total. The topological polar surface area (TPSA) is 165 Å². The second kappa shape index (κ2) is 17.4. The summed E-state index contributed by atoms with van der Waals surface area (Å²) in [7, 11) is 1.52. The number of H-pyrrole nitrogens is 1. The Morgan fingerprint density at radius 3 is 2.49 bits per heavy atom. The normalized spacial score (nSPS) is 14.1. The number of fused-ring (bicyclic) bond motifs is 1. The number of aliphatic hydroxyl groups is 1. The number of aliphatic hydroxyl groups excluding tert-OH is 1. The molecule has 6 N–H and O–H groups in total. The molecule has 2 amide bonds. The van der Waals surface area contributed by atoms with Crippen molar-refractivity contribution in [2.24, 2.45) is 0 Å². The number of phenols is 1. The van der Waals surface area contributed by atoms with Gasteiger partial charge >= 0.3 is 6.09 Å². The van der Waals surface area contributed by atoms with E-state index in [0.29, 0.717) is 72.1 Å². The van der Waals surface area contributed by atoms with Gasteiger partial charge in [0.25, 0.3) is 0 Å². The predicted octanol–water partition coefficient (Wildman–Crippen LogP) is 6.43. The number of para-hydroxylation sites is 1. The van der Waals surface area contributed by atoms with Crippen LogP contribution in [-0.2, 0) is 16.1 Å². The number of pyridine rings is 1. The van der Waals surface area contributed by atoms with Crippen molar-refractivity contribution in [3.63, 3.8) is 0 Å². The lowest BCUT2D eigenvalue weighted by atomic mass is 10.0. The van der Waals surface area contributed by atoms with Gasteiger partial charge in [0.2, 0.25) is 11.5 Å². The standard InChI is InChI=1S/C40H42ClN5O7/c1-52-36-22-33(31(41)21-26(36)23-42-24-35(48)29-11-13-34(47)39-30(29)12-14-37(49)45-39)43-38(50)17-20-46-18-15-27(16-19-46)53-40(51)44-32-10-6-5-9-28(32)25-7-3-2-4-8-25/h2-14,21-22,27,35,42,47-48H,15-20,23-24H2,1H3,(H,43,50)(H,44,51)(H,45,49)/t35-/m0/s1. The number of aromatic amines is 1. The van der Waals surface area contributed by atoms with Crippen LogP contribution in [0, 0.1) is 0 Å². The van der Waals surface area contributed by atoms with Gasteiger partial charge in [0.1, 0.15) is 17.6 Å². The first-order chi connectivity index (χ1) is 25.7. The molecule has 1 aliphatic heterocycles. The van der Waals surface area contributed by atoms with E-state index in [2.05, 4.69) is 25.8 Å². The van der Waals surface area contributed by atoms with Crippen LogP contribution >= 0.6 is 11.6 Å². The number of aromatic hydroxyl groups is 1. The maximum absolute atomic E-state index is 12.9. The summed E-state index contributed by atoms with van der Waals surface area (Å²) in [4.78, 5) is 42.2. The van der Waals surface area contributed by atoms with E-state index in [-0.39, 0.29) is 41.8 Å². The number of phenolic OH excluding ortho intramolecular Hbond substituents is 1. The lowest BCUT2D eigenvalue weighted by molar-refractivity contribution is -0.116. The van der Waals surface area contributed by atoms with Gasteiger partial charge in [-0.05, 0) is 48.2 Å². The molecule has 1 saturated heterocycles. The molecule has 276 valence electrons. The molecular formula is C40H42ClN5O7. The fraction of sp³-hybridized carbons (Fsp3) is 0.275. The highest BCUT2D eigenvalue weighted by Gasteiger charge is 2.24. The minimum Gasteiger partial charge on any atom is -0.506 e. The zero-order valence-electron chi connectivity index (χ0n) is 29.2. The van der Waals surface area contributed by atoms with Gasteiger partial charge in [-0.2, -0.15) is 0 Å². The van der Waals surface area contributed by atoms with Gasteiger partial charge in [0.05, 0.1) is 35.1 Å². The number of hydrogen-bond acceptors (Lipinski definition) is 9. The maximum Gasteiger partial charge on any atom is 0.411 e. The molecular weight excluding hydrogens is 698 g/mol. The van der Waals surface area contributed by atoms with E-state index in [4.69, 9.17) is 21.1 Å². The van der Waals surface area contributed by atoms with Gasteiger partial charge < -0.3 is 40.2 Å². The Labute approximate surface area is 311 Å². The number of halogens is 1. The first-order valence-corrected chi connectivity index (χ1v) is 17.8. The molecule has 53 heavy (non-hydrogen) atoms. The Kier molecular flexibility index (Phi) is 12.3. The second-order valence-electron chi connectivity index (χ2n) is 12.9. The summed E-state index contributed by atoms with van der Waals surface area (Å²) >= 11 is 6.57. The molecule has 13 heteroatoms. The third-order valence-electron chi connectivity index (χ3n) is 9.28. The van der Waals surface area contributed by atoms with Gasteiger partial charge in [-0.15, -0.1) is 0 Å². The average Bonchev–Trinajstić information content (AvgIpc) is 3.16. The van der Waals surface area contributed by atoms with Crippen LogP contribution in [0.15, 0.2) is 95.8 Å². The molecule has 1 fully saturated rings. The molecule has 5 aromatic rings. The molecule has 1 atom stereocenters. The van der Waals surface area contributed by atoms with Gasteiger partial charge in [0.15, 0.2) is 0 Å². The molecule has 4 aromatic carbocycles. The Bertz CT molecular complexity index is 2120. The van der Waals surface area contributed by atoms with Gasteiger partial charge in [0, 0.05) is 67.8 Å². The smallest absolute Gasteiger partial charge is 0.411 e. The van der Waals surface area contributed by atoms with Gasteiger partial charge in [-0.25, -0.2) is 4.79 Å². The maximum atomic E-state index is 12.9. The van der Waals surface area contributed by atoms with Crippen LogP contribution in [0.25, 0.3) is 22.0 Å². The summed E-state index contributed by atoms with van der Waals surface area (Å²) in [6, 6.07) is 26.8. The number of anilines is 2. The van der Waals surface area contributed by atoms with E-state index in [1.807, 2.05) is 54.6 Å². The number of methoxy groups -OCH3 is 1. The van der Waals surface area contributed by atoms with Gasteiger partial charge in [-0.1, -0.05) is 66.2 Å². The number of piperidine rings is 1. The fourth-order valence-corrected chi connectivity index (χ4v) is 6.73. The highest BCUT2D eigenvalue weighted by Crippen LogP contribution is 2.32. The number of rotatable bonds is 13. The number of hydrogen-bond donors (Lipinski definition) is 6. The van der Waals surface area contributed by atoms with Crippen molar-refractivity contribution in [2.75, 3.05) is 43.9 Å². The number of ether oxygens (including phenoxy) is 2. The van der Waals surface area contributed by atoms with Crippen LogP contribution in [0.1, 0.15) is 36.5 Å². The number of aromatic nitrogens is 1. The van der Waals surface area contributed by atoms with Crippen LogP contribution < -0.4 is 26.2 Å². The zero-order valence-corrected chi connectivity index (χ0v) is 30.0. The minimum absolute atomic E-state index is 0.0800. The number of nitrogens with one attached hydrogen (secondary N) is 4. The van der Waals surface area contributed by atoms with E-state index in [1.54, 1.807) is 24.3 Å². The fourth-order valence-electron chi connectivity index (χ4n) is 6.50. The van der Waals surface area contributed by atoms with E-state index in [1.165, 1.54) is 19.2 Å². The quantitative estimate of drug-likeness (QED) is 0.0799. The van der Waals surface area contributed by atoms with Crippen molar-refractivity contribution in [3.05, 3.63) is 117 Å². The SMILES string of the molecule is COc1cc(NC(=O)CCN2CCC(OC(=O)Nc3ccccc3-c3ccccc3)CC2)c(Cl)cc1CNC[C@H](O)c1ccc(O)c2[nH]c(=O)ccc12. The Balaban J connectivity index is 0.944. The Morgan fingerprint density at radius 1 is 0.962 bits per heavy atom. The number of carbonyl (C=O) groups excluding carboxylic acids is 2. The molecule has 0 spiro atoms. The number of likely N-dealkylation sites (tertiary alicyclic amines) is 1. The molecule has 0 saturated carbocycles. The van der Waals surface area contributed by atoms with Gasteiger partial charge in [-0.3, -0.25) is 14.9 Å². The molecule has 0 unspecified atom stereocenters. The van der Waals surface area contributed by atoms with Crippen molar-refractivity contribution in [1.29, 1.82) is 0 Å². The summed E-state index contributed by atoms with van der Waals surface area (Å²) < 4.78 is 11.3. The first-order valence-electron chi connectivity index (χ1n) is 17.4. The minimum atomic E-state index is -0.935.